The van der Waals surface area contributed by atoms with Gasteiger partial charge in [0.25, 0.3) is 0 Å². The lowest BCUT2D eigenvalue weighted by Gasteiger charge is -2.02. The van der Waals surface area contributed by atoms with E-state index in [1.807, 2.05) is 31.2 Å². The molecule has 0 spiro atoms. The molecule has 7 heteroatoms. The number of primary sulfonamides is 1. The number of thiazole rings is 1. The minimum atomic E-state index is -3.68. The first-order valence-corrected chi connectivity index (χ1v) is 9.95. The molecule has 0 aliphatic rings. The van der Waals surface area contributed by atoms with Crippen LogP contribution < -0.4 is 9.88 Å². The monoisotopic (exact) mass is 374 g/mol. The Morgan fingerprint density at radius 3 is 2.28 bits per heavy atom. The average molecular weight is 374 g/mol. The molecule has 2 aromatic carbocycles. The molecule has 0 saturated heterocycles. The predicted molar refractivity (Wildman–Crippen MR) is 99.5 cm³/mol. The zero-order valence-corrected chi connectivity index (χ0v) is 15.5. The van der Waals surface area contributed by atoms with Crippen molar-refractivity contribution in [3.63, 3.8) is 0 Å². The Hall–Kier alpha value is -2.22. The van der Waals surface area contributed by atoms with Gasteiger partial charge in [0.2, 0.25) is 10.0 Å². The smallest absolute Gasteiger partial charge is 0.238 e. The van der Waals surface area contributed by atoms with Gasteiger partial charge < -0.3 is 4.74 Å². The minimum Gasteiger partial charge on any atom is -0.497 e. The first-order valence-electron chi connectivity index (χ1n) is 7.59. The van der Waals surface area contributed by atoms with Crippen molar-refractivity contribution in [3.8, 4) is 17.0 Å². The fourth-order valence-corrected chi connectivity index (χ4v) is 4.02. The highest BCUT2D eigenvalue weighted by atomic mass is 32.2. The van der Waals surface area contributed by atoms with E-state index in [1.165, 1.54) is 12.1 Å². The molecule has 5 nitrogen and oxygen atoms in total. The Labute approximate surface area is 151 Å². The van der Waals surface area contributed by atoms with Crippen molar-refractivity contribution >= 4 is 21.4 Å². The molecule has 0 fully saturated rings. The van der Waals surface area contributed by atoms with Crippen LogP contribution in [0.4, 0.5) is 0 Å². The third-order valence-electron chi connectivity index (χ3n) is 3.81. The maximum absolute atomic E-state index is 11.4. The summed E-state index contributed by atoms with van der Waals surface area (Å²) in [5.41, 5.74) is 2.90. The third-order valence-corrected chi connectivity index (χ3v) is 5.71. The second-order valence-corrected chi connectivity index (χ2v) is 8.46. The minimum absolute atomic E-state index is 0.0996. The summed E-state index contributed by atoms with van der Waals surface area (Å²) in [6.07, 6.45) is 0.741. The topological polar surface area (TPSA) is 82.3 Å². The standard InChI is InChI=1S/C18H18N2O3S2/c1-12-18(14-5-9-16(10-6-14)25(19,21)22)20-17(24-12)11-13-3-7-15(23-2)8-4-13/h3-10H,11H2,1-2H3,(H2,19,21,22). The Balaban J connectivity index is 1.84. The van der Waals surface area contributed by atoms with Crippen LogP contribution in [0.1, 0.15) is 15.4 Å². The van der Waals surface area contributed by atoms with Crippen molar-refractivity contribution in [2.45, 2.75) is 18.2 Å². The number of rotatable bonds is 5. The quantitative estimate of drug-likeness (QED) is 0.742. The molecule has 0 radical (unpaired) electrons. The maximum Gasteiger partial charge on any atom is 0.238 e. The number of aromatic nitrogens is 1. The highest BCUT2D eigenvalue weighted by Crippen LogP contribution is 2.29. The Morgan fingerprint density at radius 2 is 1.72 bits per heavy atom. The second kappa shape index (κ2) is 6.95. The summed E-state index contributed by atoms with van der Waals surface area (Å²) in [5, 5.41) is 6.14. The lowest BCUT2D eigenvalue weighted by molar-refractivity contribution is 0.414. The van der Waals surface area contributed by atoms with Crippen LogP contribution in [0, 0.1) is 6.92 Å². The van der Waals surface area contributed by atoms with E-state index in [1.54, 1.807) is 30.6 Å². The third kappa shape index (κ3) is 4.07. The molecule has 1 aromatic heterocycles. The molecular weight excluding hydrogens is 356 g/mol. The molecule has 3 rings (SSSR count). The predicted octanol–water partition coefficient (Wildman–Crippen LogP) is 3.37. The number of benzene rings is 2. The van der Waals surface area contributed by atoms with Gasteiger partial charge in [-0.25, -0.2) is 18.5 Å². The van der Waals surface area contributed by atoms with E-state index in [0.717, 1.165) is 38.9 Å². The Bertz CT molecular complexity index is 976. The number of aryl methyl sites for hydroxylation is 1. The van der Waals surface area contributed by atoms with Gasteiger partial charge in [-0.15, -0.1) is 11.3 Å². The van der Waals surface area contributed by atoms with Gasteiger partial charge in [-0.05, 0) is 36.8 Å². The molecule has 0 aliphatic carbocycles. The van der Waals surface area contributed by atoms with E-state index in [2.05, 4.69) is 0 Å². The molecule has 0 saturated carbocycles. The van der Waals surface area contributed by atoms with E-state index >= 15 is 0 Å². The summed E-state index contributed by atoms with van der Waals surface area (Å²) in [7, 11) is -2.04. The van der Waals surface area contributed by atoms with Gasteiger partial charge in [-0.1, -0.05) is 24.3 Å². The normalized spacial score (nSPS) is 11.5. The van der Waals surface area contributed by atoms with Crippen LogP contribution in [0.2, 0.25) is 0 Å². The van der Waals surface area contributed by atoms with Crippen molar-refractivity contribution in [2.24, 2.45) is 5.14 Å². The van der Waals surface area contributed by atoms with Crippen LogP contribution >= 0.6 is 11.3 Å². The number of sulfonamides is 1. The van der Waals surface area contributed by atoms with Crippen LogP contribution in [0.3, 0.4) is 0 Å². The molecule has 25 heavy (non-hydrogen) atoms. The van der Waals surface area contributed by atoms with Crippen molar-refractivity contribution in [2.75, 3.05) is 7.11 Å². The fourth-order valence-electron chi connectivity index (χ4n) is 2.52. The molecule has 0 bridgehead atoms. The summed E-state index contributed by atoms with van der Waals surface area (Å²) >= 11 is 1.64. The van der Waals surface area contributed by atoms with Crippen molar-refractivity contribution < 1.29 is 13.2 Å². The maximum atomic E-state index is 11.4. The van der Waals surface area contributed by atoms with Crippen LogP contribution in [-0.2, 0) is 16.4 Å². The van der Waals surface area contributed by atoms with Crippen LogP contribution in [0.5, 0.6) is 5.75 Å². The molecule has 1 heterocycles. The second-order valence-electron chi connectivity index (χ2n) is 5.61. The van der Waals surface area contributed by atoms with Gasteiger partial charge in [-0.2, -0.15) is 0 Å². The largest absolute Gasteiger partial charge is 0.497 e. The number of hydrogen-bond acceptors (Lipinski definition) is 5. The van der Waals surface area contributed by atoms with Crippen molar-refractivity contribution in [3.05, 3.63) is 64.0 Å². The summed E-state index contributed by atoms with van der Waals surface area (Å²) in [6, 6.07) is 14.4. The van der Waals surface area contributed by atoms with Crippen molar-refractivity contribution in [1.29, 1.82) is 0 Å². The van der Waals surface area contributed by atoms with Crippen LogP contribution in [-0.4, -0.2) is 20.5 Å². The summed E-state index contributed by atoms with van der Waals surface area (Å²) in [6.45, 7) is 2.01. The highest BCUT2D eigenvalue weighted by molar-refractivity contribution is 7.89. The first-order chi connectivity index (χ1) is 11.9. The lowest BCUT2D eigenvalue weighted by atomic mass is 10.1. The molecule has 2 N–H and O–H groups in total. The van der Waals surface area contributed by atoms with Gasteiger partial charge in [0.1, 0.15) is 5.75 Å². The number of nitrogens with two attached hydrogens (primary N) is 1. The van der Waals surface area contributed by atoms with E-state index in [9.17, 15) is 8.42 Å². The van der Waals surface area contributed by atoms with Crippen LogP contribution in [0.25, 0.3) is 11.3 Å². The highest BCUT2D eigenvalue weighted by Gasteiger charge is 2.12. The summed E-state index contributed by atoms with van der Waals surface area (Å²) < 4.78 is 27.9. The average Bonchev–Trinajstić information content (AvgIpc) is 2.95. The molecule has 3 aromatic rings. The van der Waals surface area contributed by atoms with Gasteiger partial charge in [-0.3, -0.25) is 0 Å². The van der Waals surface area contributed by atoms with Gasteiger partial charge >= 0.3 is 0 Å². The molecule has 0 amide bonds. The Morgan fingerprint density at radius 1 is 1.08 bits per heavy atom. The van der Waals surface area contributed by atoms with E-state index in [0.29, 0.717) is 0 Å². The van der Waals surface area contributed by atoms with E-state index in [4.69, 9.17) is 14.9 Å². The van der Waals surface area contributed by atoms with Crippen molar-refractivity contribution in [1.82, 2.24) is 4.98 Å². The van der Waals surface area contributed by atoms with E-state index < -0.39 is 10.0 Å². The van der Waals surface area contributed by atoms with Gasteiger partial charge in [0.15, 0.2) is 0 Å². The first kappa shape index (κ1) is 17.6. The fraction of sp³-hybridized carbons (Fsp3) is 0.167. The number of hydrogen-bond donors (Lipinski definition) is 1. The molecular formula is C18H18N2O3S2. The summed E-state index contributed by atoms with van der Waals surface area (Å²) in [5.74, 6) is 0.828. The summed E-state index contributed by atoms with van der Waals surface area (Å²) in [4.78, 5) is 5.91. The SMILES string of the molecule is COc1ccc(Cc2nc(-c3ccc(S(N)(=O)=O)cc3)c(C)s2)cc1. The zero-order valence-electron chi connectivity index (χ0n) is 13.9. The van der Waals surface area contributed by atoms with E-state index in [-0.39, 0.29) is 4.90 Å². The van der Waals surface area contributed by atoms with Crippen LogP contribution in [0.15, 0.2) is 53.4 Å². The molecule has 0 atom stereocenters. The lowest BCUT2D eigenvalue weighted by Crippen LogP contribution is -2.11. The number of methoxy groups -OCH3 is 1. The van der Waals surface area contributed by atoms with Gasteiger partial charge in [0, 0.05) is 16.9 Å². The number of nitrogens with zero attached hydrogens (tertiary/aromatic N) is 1. The molecule has 130 valence electrons. The van der Waals surface area contributed by atoms with Gasteiger partial charge in [0.05, 0.1) is 22.7 Å². The zero-order chi connectivity index (χ0) is 18.0. The Kier molecular flexibility index (Phi) is 4.89. The molecule has 0 aliphatic heterocycles. The molecule has 0 unspecified atom stereocenters. The number of ether oxygens (including phenoxy) is 1.